The number of morpholine rings is 1. The van der Waals surface area contributed by atoms with Crippen LogP contribution in [0.1, 0.15) is 34.1 Å². The Kier molecular flexibility index (Phi) is 6.62. The third kappa shape index (κ3) is 4.93. The van der Waals surface area contributed by atoms with Gasteiger partial charge in [-0.05, 0) is 27.7 Å². The van der Waals surface area contributed by atoms with Crippen LogP contribution in [0.25, 0.3) is 0 Å². The minimum Gasteiger partial charge on any atom is -0.374 e. The summed E-state index contributed by atoms with van der Waals surface area (Å²) in [7, 11) is 0. The highest BCUT2D eigenvalue weighted by atomic mass is 16.5. The van der Waals surface area contributed by atoms with Gasteiger partial charge in [0.15, 0.2) is 0 Å². The van der Waals surface area contributed by atoms with E-state index in [1.165, 1.54) is 0 Å². The number of nitrogens with zero attached hydrogens (tertiary/aromatic N) is 3. The van der Waals surface area contributed by atoms with Gasteiger partial charge >= 0.3 is 0 Å². The second-order valence-corrected chi connectivity index (χ2v) is 5.58. The fourth-order valence-electron chi connectivity index (χ4n) is 2.34. The number of nitriles is 1. The van der Waals surface area contributed by atoms with Crippen molar-refractivity contribution >= 4 is 0 Å². The number of hydrogen-bond donors (Lipinski definition) is 0. The average Bonchev–Trinajstić information content (AvgIpc) is 2.34. The highest BCUT2D eigenvalue weighted by Gasteiger charge is 2.24. The molecule has 1 unspecified atom stereocenters. The molecule has 1 rings (SSSR count). The van der Waals surface area contributed by atoms with E-state index in [1.807, 2.05) is 0 Å². The molecule has 1 saturated heterocycles. The van der Waals surface area contributed by atoms with Crippen molar-refractivity contribution in [1.29, 1.82) is 5.26 Å². The van der Waals surface area contributed by atoms with Crippen LogP contribution in [0.5, 0.6) is 0 Å². The highest BCUT2D eigenvalue weighted by molar-refractivity contribution is 4.80. The smallest absolute Gasteiger partial charge is 0.0829 e. The summed E-state index contributed by atoms with van der Waals surface area (Å²) in [5.41, 5.74) is 0. The van der Waals surface area contributed by atoms with E-state index < -0.39 is 0 Å². The molecular weight excluding hydrogens is 226 g/mol. The fraction of sp³-hybridized carbons (Fsp3) is 0.929. The Hall–Kier alpha value is -0.630. The molecule has 1 atom stereocenters. The van der Waals surface area contributed by atoms with Crippen LogP contribution in [0.15, 0.2) is 0 Å². The first-order valence-corrected chi connectivity index (χ1v) is 7.01. The molecule has 0 radical (unpaired) electrons. The summed E-state index contributed by atoms with van der Waals surface area (Å²) in [4.78, 5) is 4.81. The minimum absolute atomic E-state index is 0.280. The van der Waals surface area contributed by atoms with Gasteiger partial charge < -0.3 is 4.74 Å². The van der Waals surface area contributed by atoms with Crippen molar-refractivity contribution in [3.8, 4) is 6.07 Å². The van der Waals surface area contributed by atoms with Gasteiger partial charge in [-0.1, -0.05) is 0 Å². The first kappa shape index (κ1) is 15.4. The maximum absolute atomic E-state index is 8.70. The number of rotatable bonds is 6. The molecule has 0 aliphatic carbocycles. The average molecular weight is 253 g/mol. The van der Waals surface area contributed by atoms with Gasteiger partial charge in [-0.15, -0.1) is 0 Å². The van der Waals surface area contributed by atoms with Gasteiger partial charge in [0.2, 0.25) is 0 Å². The quantitative estimate of drug-likeness (QED) is 0.722. The molecule has 4 heteroatoms. The van der Waals surface area contributed by atoms with Crippen LogP contribution in [0, 0.1) is 11.3 Å². The standard InChI is InChI=1S/C14H27N3O/c1-12(2)16(7-5-6-15)10-14-11-17(13(3)4)8-9-18-14/h12-14H,5,7-11H2,1-4H3. The Labute approximate surface area is 112 Å². The molecule has 1 aliphatic heterocycles. The zero-order valence-electron chi connectivity index (χ0n) is 12.2. The molecule has 0 spiro atoms. The third-order valence-electron chi connectivity index (χ3n) is 3.58. The second-order valence-electron chi connectivity index (χ2n) is 5.58. The molecule has 0 N–H and O–H groups in total. The fourth-order valence-corrected chi connectivity index (χ4v) is 2.34. The molecule has 4 nitrogen and oxygen atoms in total. The summed E-state index contributed by atoms with van der Waals surface area (Å²) in [5.74, 6) is 0. The van der Waals surface area contributed by atoms with E-state index in [2.05, 4.69) is 43.6 Å². The van der Waals surface area contributed by atoms with Gasteiger partial charge in [0.05, 0.1) is 18.8 Å². The molecule has 0 amide bonds. The van der Waals surface area contributed by atoms with Crippen molar-refractivity contribution in [2.75, 3.05) is 32.8 Å². The van der Waals surface area contributed by atoms with E-state index in [0.29, 0.717) is 18.5 Å². The Balaban J connectivity index is 2.45. The molecule has 104 valence electrons. The Bertz CT molecular complexity index is 273. The van der Waals surface area contributed by atoms with Gasteiger partial charge in [0.25, 0.3) is 0 Å². The van der Waals surface area contributed by atoms with Crippen LogP contribution < -0.4 is 0 Å². The van der Waals surface area contributed by atoms with Crippen LogP contribution in [-0.4, -0.2) is 60.8 Å². The molecule has 18 heavy (non-hydrogen) atoms. The molecule has 0 aromatic heterocycles. The van der Waals surface area contributed by atoms with Gasteiger partial charge in [0, 0.05) is 44.7 Å². The normalized spacial score (nSPS) is 21.8. The molecule has 0 saturated carbocycles. The van der Waals surface area contributed by atoms with Crippen LogP contribution in [0.2, 0.25) is 0 Å². The Morgan fingerprint density at radius 1 is 1.39 bits per heavy atom. The minimum atomic E-state index is 0.280. The first-order valence-electron chi connectivity index (χ1n) is 7.01. The van der Waals surface area contributed by atoms with E-state index >= 15 is 0 Å². The SMILES string of the molecule is CC(C)N(CCC#N)CC1CN(C(C)C)CCO1. The van der Waals surface area contributed by atoms with Crippen molar-refractivity contribution in [3.63, 3.8) is 0 Å². The van der Waals surface area contributed by atoms with Crippen molar-refractivity contribution in [1.82, 2.24) is 9.80 Å². The third-order valence-corrected chi connectivity index (χ3v) is 3.58. The maximum Gasteiger partial charge on any atom is 0.0829 e. The van der Waals surface area contributed by atoms with Crippen molar-refractivity contribution < 1.29 is 4.74 Å². The van der Waals surface area contributed by atoms with Crippen LogP contribution in [-0.2, 0) is 4.74 Å². The van der Waals surface area contributed by atoms with Crippen molar-refractivity contribution in [2.45, 2.75) is 52.3 Å². The number of hydrogen-bond acceptors (Lipinski definition) is 4. The molecule has 0 bridgehead atoms. The lowest BCUT2D eigenvalue weighted by molar-refractivity contribution is -0.0551. The van der Waals surface area contributed by atoms with Crippen LogP contribution in [0.3, 0.4) is 0 Å². The summed E-state index contributed by atoms with van der Waals surface area (Å²) in [6.07, 6.45) is 0.876. The second kappa shape index (κ2) is 7.73. The first-order chi connectivity index (χ1) is 8.54. The zero-order chi connectivity index (χ0) is 13.5. The van der Waals surface area contributed by atoms with Gasteiger partial charge in [-0.25, -0.2) is 0 Å². The molecular formula is C14H27N3O. The van der Waals surface area contributed by atoms with E-state index in [4.69, 9.17) is 10.00 Å². The lowest BCUT2D eigenvalue weighted by Gasteiger charge is -2.38. The van der Waals surface area contributed by atoms with E-state index in [9.17, 15) is 0 Å². The van der Waals surface area contributed by atoms with Gasteiger partial charge in [0.1, 0.15) is 0 Å². The summed E-state index contributed by atoms with van der Waals surface area (Å²) in [6.45, 7) is 13.5. The Morgan fingerprint density at radius 3 is 2.67 bits per heavy atom. The summed E-state index contributed by atoms with van der Waals surface area (Å²) in [5, 5.41) is 8.70. The largest absolute Gasteiger partial charge is 0.374 e. The van der Waals surface area contributed by atoms with Crippen LogP contribution >= 0.6 is 0 Å². The lowest BCUT2D eigenvalue weighted by atomic mass is 10.2. The van der Waals surface area contributed by atoms with Crippen molar-refractivity contribution in [2.24, 2.45) is 0 Å². The van der Waals surface area contributed by atoms with E-state index in [-0.39, 0.29) is 6.10 Å². The molecule has 1 heterocycles. The molecule has 1 aliphatic rings. The molecule has 0 aromatic carbocycles. The molecule has 0 aromatic rings. The monoisotopic (exact) mass is 253 g/mol. The van der Waals surface area contributed by atoms with Gasteiger partial charge in [-0.3, -0.25) is 9.80 Å². The summed E-state index contributed by atoms with van der Waals surface area (Å²) >= 11 is 0. The van der Waals surface area contributed by atoms with Crippen LogP contribution in [0.4, 0.5) is 0 Å². The summed E-state index contributed by atoms with van der Waals surface area (Å²) < 4.78 is 5.85. The zero-order valence-corrected chi connectivity index (χ0v) is 12.2. The van der Waals surface area contributed by atoms with E-state index in [1.54, 1.807) is 0 Å². The van der Waals surface area contributed by atoms with E-state index in [0.717, 1.165) is 32.8 Å². The van der Waals surface area contributed by atoms with Gasteiger partial charge in [-0.2, -0.15) is 5.26 Å². The maximum atomic E-state index is 8.70. The predicted molar refractivity (Wildman–Crippen MR) is 73.4 cm³/mol. The Morgan fingerprint density at radius 2 is 2.11 bits per heavy atom. The topological polar surface area (TPSA) is 39.5 Å². The number of ether oxygens (including phenoxy) is 1. The van der Waals surface area contributed by atoms with Crippen molar-refractivity contribution in [3.05, 3.63) is 0 Å². The molecule has 1 fully saturated rings. The summed E-state index contributed by atoms with van der Waals surface area (Å²) in [6, 6.07) is 3.28. The predicted octanol–water partition coefficient (Wildman–Crippen LogP) is 1.72. The highest BCUT2D eigenvalue weighted by Crippen LogP contribution is 2.11. The lowest BCUT2D eigenvalue weighted by Crippen LogP contribution is -2.50.